The number of ether oxygens (including phenoxy) is 2. The number of carbonyl (C=O) groups is 2. The van der Waals surface area contributed by atoms with Crippen molar-refractivity contribution in [1.29, 1.82) is 0 Å². The number of aromatic hydroxyl groups is 1. The number of pyridine rings is 1. The van der Waals surface area contributed by atoms with Crippen LogP contribution in [0, 0.1) is 0 Å². The molecule has 2 aromatic rings. The molecule has 0 unspecified atom stereocenters. The van der Waals surface area contributed by atoms with Gasteiger partial charge in [0.15, 0.2) is 11.5 Å². The van der Waals surface area contributed by atoms with Gasteiger partial charge < -0.3 is 24.8 Å². The Labute approximate surface area is 170 Å². The first-order valence-electron chi connectivity index (χ1n) is 8.40. The minimum absolute atomic E-state index is 0.0145. The number of phenols is 1. The summed E-state index contributed by atoms with van der Waals surface area (Å²) in [6.45, 7) is 0.464. The van der Waals surface area contributed by atoms with Crippen LogP contribution >= 0.6 is 23.2 Å². The van der Waals surface area contributed by atoms with Crippen LogP contribution < -0.4 is 14.8 Å². The van der Waals surface area contributed by atoms with Crippen LogP contribution in [0.4, 0.5) is 0 Å². The molecule has 2 amide bonds. The van der Waals surface area contributed by atoms with Gasteiger partial charge in [-0.3, -0.25) is 9.59 Å². The van der Waals surface area contributed by atoms with E-state index in [0.717, 1.165) is 0 Å². The summed E-state index contributed by atoms with van der Waals surface area (Å²) < 4.78 is 10.8. The molecule has 2 aliphatic heterocycles. The number of likely N-dealkylation sites (N-methyl/N-ethyl adjacent to an activating group) is 1. The van der Waals surface area contributed by atoms with E-state index in [4.69, 9.17) is 32.7 Å². The predicted molar refractivity (Wildman–Crippen MR) is 100 cm³/mol. The standard InChI is InChI=1S/C18H15Cl2N3O5/c1-23-5-4-8-10(6-21-17(25)9-2-3-11(19)22-16(9)20)14-15(28-7-27-14)13(24)12(8)18(23)26/h2-3,24H,4-7H2,1H3,(H,21,25). The van der Waals surface area contributed by atoms with E-state index in [2.05, 4.69) is 10.3 Å². The van der Waals surface area contributed by atoms with Gasteiger partial charge in [0.2, 0.25) is 12.5 Å². The first kappa shape index (κ1) is 18.6. The Kier molecular flexibility index (Phi) is 4.68. The Morgan fingerprint density at radius 2 is 2.07 bits per heavy atom. The van der Waals surface area contributed by atoms with Gasteiger partial charge in [0.05, 0.1) is 11.1 Å². The van der Waals surface area contributed by atoms with Crippen LogP contribution in [-0.2, 0) is 13.0 Å². The van der Waals surface area contributed by atoms with Gasteiger partial charge in [0.25, 0.3) is 11.8 Å². The molecule has 146 valence electrons. The lowest BCUT2D eigenvalue weighted by Crippen LogP contribution is -2.35. The molecule has 2 aliphatic rings. The number of hydrogen-bond acceptors (Lipinski definition) is 6. The van der Waals surface area contributed by atoms with Gasteiger partial charge in [0, 0.05) is 25.7 Å². The molecule has 0 atom stereocenters. The van der Waals surface area contributed by atoms with Crippen LogP contribution in [0.3, 0.4) is 0 Å². The largest absolute Gasteiger partial charge is 0.504 e. The molecule has 1 aromatic heterocycles. The minimum atomic E-state index is -0.456. The van der Waals surface area contributed by atoms with E-state index < -0.39 is 5.91 Å². The number of amides is 2. The number of benzene rings is 1. The lowest BCUT2D eigenvalue weighted by Gasteiger charge is -2.28. The van der Waals surface area contributed by atoms with Crippen LogP contribution in [0.1, 0.15) is 31.8 Å². The predicted octanol–water partition coefficient (Wildman–Crippen LogP) is 2.38. The quantitative estimate of drug-likeness (QED) is 0.734. The molecule has 0 bridgehead atoms. The summed E-state index contributed by atoms with van der Waals surface area (Å²) >= 11 is 11.7. The second kappa shape index (κ2) is 7.03. The third-order valence-electron chi connectivity index (χ3n) is 4.75. The number of fused-ring (bicyclic) bond motifs is 2. The lowest BCUT2D eigenvalue weighted by atomic mass is 9.91. The van der Waals surface area contributed by atoms with Crippen molar-refractivity contribution < 1.29 is 24.2 Å². The molecule has 8 nitrogen and oxygen atoms in total. The molecule has 3 heterocycles. The average molecular weight is 424 g/mol. The fourth-order valence-corrected chi connectivity index (χ4v) is 3.76. The number of carbonyl (C=O) groups excluding carboxylic acids is 2. The second-order valence-corrected chi connectivity index (χ2v) is 7.12. The number of nitrogens with one attached hydrogen (secondary N) is 1. The Balaban J connectivity index is 1.69. The molecule has 0 saturated carbocycles. The van der Waals surface area contributed by atoms with E-state index in [9.17, 15) is 14.7 Å². The molecule has 0 aliphatic carbocycles. The summed E-state index contributed by atoms with van der Waals surface area (Å²) in [5, 5.41) is 13.4. The molecule has 1 aromatic carbocycles. The zero-order chi connectivity index (χ0) is 20.0. The highest BCUT2D eigenvalue weighted by Crippen LogP contribution is 2.48. The third kappa shape index (κ3) is 2.98. The molecule has 0 spiro atoms. The number of hydrogen-bond donors (Lipinski definition) is 2. The third-order valence-corrected chi connectivity index (χ3v) is 5.25. The highest BCUT2D eigenvalue weighted by Gasteiger charge is 2.35. The maximum absolute atomic E-state index is 12.6. The van der Waals surface area contributed by atoms with Crippen LogP contribution in [-0.4, -0.2) is 47.2 Å². The zero-order valence-corrected chi connectivity index (χ0v) is 16.2. The molecule has 4 rings (SSSR count). The lowest BCUT2D eigenvalue weighted by molar-refractivity contribution is 0.0776. The second-order valence-electron chi connectivity index (χ2n) is 6.38. The fourth-order valence-electron chi connectivity index (χ4n) is 3.33. The summed E-state index contributed by atoms with van der Waals surface area (Å²) in [6, 6.07) is 2.94. The van der Waals surface area contributed by atoms with Crippen molar-refractivity contribution in [2.45, 2.75) is 13.0 Å². The molecule has 28 heavy (non-hydrogen) atoms. The van der Waals surface area contributed by atoms with E-state index in [1.807, 2.05) is 0 Å². The van der Waals surface area contributed by atoms with Gasteiger partial charge in [-0.2, -0.15) is 0 Å². The zero-order valence-electron chi connectivity index (χ0n) is 14.7. The van der Waals surface area contributed by atoms with E-state index >= 15 is 0 Å². The summed E-state index contributed by atoms with van der Waals surface area (Å²) in [6.07, 6.45) is 0.510. The Hall–Kier alpha value is -2.71. The Morgan fingerprint density at radius 1 is 1.32 bits per heavy atom. The summed E-state index contributed by atoms with van der Waals surface area (Å²) in [5.74, 6) is -0.566. The molecule has 10 heteroatoms. The van der Waals surface area contributed by atoms with Gasteiger partial charge in [-0.05, 0) is 24.1 Å². The van der Waals surface area contributed by atoms with Crippen molar-refractivity contribution in [3.8, 4) is 17.2 Å². The van der Waals surface area contributed by atoms with Gasteiger partial charge in [0.1, 0.15) is 10.3 Å². The van der Waals surface area contributed by atoms with Crippen molar-refractivity contribution in [3.05, 3.63) is 44.7 Å². The van der Waals surface area contributed by atoms with Crippen LogP contribution in [0.25, 0.3) is 0 Å². The number of aromatic nitrogens is 1. The average Bonchev–Trinajstić information content (AvgIpc) is 3.14. The first-order valence-corrected chi connectivity index (χ1v) is 9.16. The smallest absolute Gasteiger partial charge is 0.257 e. The van der Waals surface area contributed by atoms with Gasteiger partial charge >= 0.3 is 0 Å². The highest BCUT2D eigenvalue weighted by atomic mass is 35.5. The SMILES string of the molecule is CN1CCc2c(CNC(=O)c3ccc(Cl)nc3Cl)c3c(c(O)c2C1=O)OCO3. The summed E-state index contributed by atoms with van der Waals surface area (Å²) in [5.41, 5.74) is 1.57. The van der Waals surface area contributed by atoms with Crippen molar-refractivity contribution in [3.63, 3.8) is 0 Å². The maximum Gasteiger partial charge on any atom is 0.257 e. The monoisotopic (exact) mass is 423 g/mol. The van der Waals surface area contributed by atoms with Crippen LogP contribution in [0.15, 0.2) is 12.1 Å². The van der Waals surface area contributed by atoms with Crippen LogP contribution in [0.5, 0.6) is 17.2 Å². The van der Waals surface area contributed by atoms with E-state index in [1.54, 1.807) is 7.05 Å². The maximum atomic E-state index is 12.6. The number of phenolic OH excluding ortho intramolecular Hbond substituents is 1. The molecular weight excluding hydrogens is 409 g/mol. The molecule has 0 radical (unpaired) electrons. The molecule has 0 fully saturated rings. The van der Waals surface area contributed by atoms with Crippen molar-refractivity contribution in [1.82, 2.24) is 15.2 Å². The van der Waals surface area contributed by atoms with E-state index in [-0.39, 0.29) is 52.2 Å². The van der Waals surface area contributed by atoms with Crippen molar-refractivity contribution in [2.75, 3.05) is 20.4 Å². The Bertz CT molecular complexity index is 1010. The number of rotatable bonds is 3. The van der Waals surface area contributed by atoms with E-state index in [0.29, 0.717) is 29.8 Å². The fraction of sp³-hybridized carbons (Fsp3) is 0.278. The topological polar surface area (TPSA) is 101 Å². The summed E-state index contributed by atoms with van der Waals surface area (Å²) in [4.78, 5) is 30.5. The normalized spacial score (nSPS) is 14.8. The van der Waals surface area contributed by atoms with Crippen molar-refractivity contribution >= 4 is 35.0 Å². The van der Waals surface area contributed by atoms with Gasteiger partial charge in [-0.1, -0.05) is 23.2 Å². The minimum Gasteiger partial charge on any atom is -0.504 e. The Morgan fingerprint density at radius 3 is 2.82 bits per heavy atom. The highest BCUT2D eigenvalue weighted by molar-refractivity contribution is 6.34. The number of halogens is 2. The number of nitrogens with zero attached hydrogens (tertiary/aromatic N) is 2. The first-order chi connectivity index (χ1) is 13.4. The summed E-state index contributed by atoms with van der Waals surface area (Å²) in [7, 11) is 1.66. The molecule has 2 N–H and O–H groups in total. The van der Waals surface area contributed by atoms with Gasteiger partial charge in [-0.25, -0.2) is 4.98 Å². The van der Waals surface area contributed by atoms with Crippen molar-refractivity contribution in [2.24, 2.45) is 0 Å². The van der Waals surface area contributed by atoms with Gasteiger partial charge in [-0.15, -0.1) is 0 Å². The van der Waals surface area contributed by atoms with E-state index in [1.165, 1.54) is 17.0 Å². The molecule has 0 saturated heterocycles. The molecular formula is C18H15Cl2N3O5. The van der Waals surface area contributed by atoms with Crippen LogP contribution in [0.2, 0.25) is 10.3 Å².